The zero-order valence-electron chi connectivity index (χ0n) is 23.5. The fourth-order valence-corrected chi connectivity index (χ4v) is 9.18. The number of anilines is 1. The van der Waals surface area contributed by atoms with Crippen molar-refractivity contribution in [3.05, 3.63) is 47.3 Å². The molecule has 41 heavy (non-hydrogen) atoms. The Morgan fingerprint density at radius 3 is 2.83 bits per heavy atom. The summed E-state index contributed by atoms with van der Waals surface area (Å²) in [6, 6.07) is 13.2. The molecule has 6 heterocycles. The maximum absolute atomic E-state index is 14.5. The minimum absolute atomic E-state index is 0.223. The average molecular weight is 573 g/mol. The molecule has 4 atom stereocenters. The summed E-state index contributed by atoms with van der Waals surface area (Å²) in [5.41, 5.74) is 3.19. The SMILES string of the molecule is CCc1cccc2cc(O)cc(-c3csc4c(N5CC6CCC(C5)N6)nc(OC[C@@]56CCCN5C[C@H](F)C6)cc34)c12. The number of nitrogens with zero attached hydrogens (tertiary/aromatic N) is 3. The number of hydrogen-bond acceptors (Lipinski definition) is 7. The van der Waals surface area contributed by atoms with E-state index in [0.717, 1.165) is 71.3 Å². The molecule has 4 aromatic rings. The normalized spacial score (nSPS) is 27.8. The summed E-state index contributed by atoms with van der Waals surface area (Å²) in [4.78, 5) is 9.90. The zero-order chi connectivity index (χ0) is 27.7. The van der Waals surface area contributed by atoms with Crippen LogP contribution in [0.5, 0.6) is 11.6 Å². The van der Waals surface area contributed by atoms with E-state index in [-0.39, 0.29) is 11.3 Å². The van der Waals surface area contributed by atoms with Gasteiger partial charge in [0, 0.05) is 55.2 Å². The number of pyridine rings is 1. The third-order valence-corrected chi connectivity index (χ3v) is 11.0. The van der Waals surface area contributed by atoms with E-state index < -0.39 is 6.17 Å². The smallest absolute Gasteiger partial charge is 0.215 e. The first-order chi connectivity index (χ1) is 20.0. The Balaban J connectivity index is 1.26. The van der Waals surface area contributed by atoms with Crippen LogP contribution in [0.2, 0.25) is 0 Å². The van der Waals surface area contributed by atoms with Crippen LogP contribution in [0.15, 0.2) is 41.8 Å². The number of halogens is 1. The lowest BCUT2D eigenvalue weighted by Gasteiger charge is -2.34. The van der Waals surface area contributed by atoms with Crippen LogP contribution in [-0.2, 0) is 6.42 Å². The molecule has 214 valence electrons. The number of phenolic OH excluding ortho intramolecular Hbond substituents is 1. The van der Waals surface area contributed by atoms with Gasteiger partial charge in [-0.2, -0.15) is 4.98 Å². The minimum Gasteiger partial charge on any atom is -0.508 e. The van der Waals surface area contributed by atoms with Crippen LogP contribution >= 0.6 is 11.3 Å². The van der Waals surface area contributed by atoms with Crippen molar-refractivity contribution in [2.75, 3.05) is 37.7 Å². The quantitative estimate of drug-likeness (QED) is 0.284. The predicted octanol–water partition coefficient (Wildman–Crippen LogP) is 6.28. The number of nitrogens with one attached hydrogen (secondary N) is 1. The first-order valence-electron chi connectivity index (χ1n) is 15.2. The van der Waals surface area contributed by atoms with E-state index in [9.17, 15) is 9.50 Å². The molecule has 2 aromatic carbocycles. The summed E-state index contributed by atoms with van der Waals surface area (Å²) in [6.07, 6.45) is 5.15. The van der Waals surface area contributed by atoms with Gasteiger partial charge in [-0.3, -0.25) is 4.90 Å². The largest absolute Gasteiger partial charge is 0.508 e. The third kappa shape index (κ3) is 4.29. The molecule has 0 amide bonds. The number of aryl methyl sites for hydroxylation is 1. The van der Waals surface area contributed by atoms with Crippen molar-refractivity contribution in [1.82, 2.24) is 15.2 Å². The van der Waals surface area contributed by atoms with Gasteiger partial charge in [0.05, 0.1) is 10.2 Å². The van der Waals surface area contributed by atoms with Gasteiger partial charge in [-0.1, -0.05) is 25.1 Å². The summed E-state index contributed by atoms with van der Waals surface area (Å²) < 4.78 is 22.2. The molecule has 4 aliphatic heterocycles. The molecule has 2 N–H and O–H groups in total. The van der Waals surface area contributed by atoms with E-state index in [1.165, 1.54) is 23.8 Å². The molecule has 0 aliphatic carbocycles. The zero-order valence-corrected chi connectivity index (χ0v) is 24.4. The molecule has 4 fully saturated rings. The molecule has 2 unspecified atom stereocenters. The van der Waals surface area contributed by atoms with Crippen LogP contribution in [0.4, 0.5) is 10.2 Å². The second-order valence-electron chi connectivity index (χ2n) is 12.6. The molecule has 4 aliphatic rings. The number of fused-ring (bicyclic) bond motifs is 5. The fourth-order valence-electron chi connectivity index (χ4n) is 8.12. The first kappa shape index (κ1) is 25.7. The highest BCUT2D eigenvalue weighted by atomic mass is 32.1. The van der Waals surface area contributed by atoms with Crippen molar-refractivity contribution in [1.29, 1.82) is 0 Å². The van der Waals surface area contributed by atoms with Gasteiger partial charge < -0.3 is 20.1 Å². The molecule has 0 radical (unpaired) electrons. The average Bonchev–Trinajstić information content (AvgIpc) is 3.72. The van der Waals surface area contributed by atoms with Gasteiger partial charge in [0.25, 0.3) is 0 Å². The number of aromatic nitrogens is 1. The maximum Gasteiger partial charge on any atom is 0.215 e. The number of hydrogen-bond donors (Lipinski definition) is 2. The lowest BCUT2D eigenvalue weighted by Crippen LogP contribution is -2.51. The summed E-state index contributed by atoms with van der Waals surface area (Å²) in [5.74, 6) is 1.87. The molecule has 4 saturated heterocycles. The summed E-state index contributed by atoms with van der Waals surface area (Å²) in [6.45, 7) is 5.98. The van der Waals surface area contributed by atoms with E-state index in [1.807, 2.05) is 12.1 Å². The van der Waals surface area contributed by atoms with E-state index in [1.54, 1.807) is 11.3 Å². The van der Waals surface area contributed by atoms with Crippen molar-refractivity contribution < 1.29 is 14.2 Å². The number of alkyl halides is 1. The number of rotatable bonds is 6. The third-order valence-electron chi connectivity index (χ3n) is 10.0. The Kier molecular flexibility index (Phi) is 6.16. The van der Waals surface area contributed by atoms with Crippen molar-refractivity contribution in [3.63, 3.8) is 0 Å². The Hall–Kier alpha value is -2.94. The molecular weight excluding hydrogens is 535 g/mol. The summed E-state index contributed by atoms with van der Waals surface area (Å²) in [7, 11) is 0. The highest BCUT2D eigenvalue weighted by molar-refractivity contribution is 7.18. The van der Waals surface area contributed by atoms with Gasteiger partial charge in [0.15, 0.2) is 5.82 Å². The number of thiophene rings is 1. The first-order valence-corrected chi connectivity index (χ1v) is 16.1. The molecule has 6 nitrogen and oxygen atoms in total. The molecule has 2 bridgehead atoms. The van der Waals surface area contributed by atoms with Crippen LogP contribution in [0.1, 0.15) is 44.6 Å². The molecule has 8 rings (SSSR count). The molecule has 8 heteroatoms. The Bertz CT molecular complexity index is 1630. The highest BCUT2D eigenvalue weighted by Crippen LogP contribution is 2.46. The lowest BCUT2D eigenvalue weighted by molar-refractivity contribution is 0.111. The van der Waals surface area contributed by atoms with Gasteiger partial charge in [0.2, 0.25) is 5.88 Å². The minimum atomic E-state index is -0.781. The summed E-state index contributed by atoms with van der Waals surface area (Å²) >= 11 is 1.73. The standard InChI is InChI=1S/C33H37FN4O2S/c1-2-20-5-3-6-21-11-25(39)12-26(30(20)21)28-18-41-31-27(28)13-29(36-32(31)37-16-23-7-8-24(17-37)35-23)40-19-33-9-4-10-38(33)15-22(34)14-33/h3,5-6,11-13,18,22-24,35,39H,2,4,7-10,14-17,19H2,1H3/t22-,23?,24?,33+/m1/s1. The van der Waals surface area contributed by atoms with E-state index in [2.05, 4.69) is 51.7 Å². The van der Waals surface area contributed by atoms with Gasteiger partial charge in [-0.05, 0) is 78.1 Å². The van der Waals surface area contributed by atoms with Crippen molar-refractivity contribution >= 4 is 38.0 Å². The number of piperazine rings is 1. The van der Waals surface area contributed by atoms with Crippen LogP contribution < -0.4 is 15.0 Å². The number of phenols is 1. The van der Waals surface area contributed by atoms with Crippen LogP contribution in [0, 0.1) is 0 Å². The molecule has 0 saturated carbocycles. The monoisotopic (exact) mass is 572 g/mol. The Morgan fingerprint density at radius 1 is 1.15 bits per heavy atom. The van der Waals surface area contributed by atoms with Gasteiger partial charge in [-0.25, -0.2) is 4.39 Å². The van der Waals surface area contributed by atoms with Crippen molar-refractivity contribution in [2.24, 2.45) is 0 Å². The van der Waals surface area contributed by atoms with Crippen molar-refractivity contribution in [2.45, 2.75) is 69.2 Å². The Labute approximate surface area is 244 Å². The Morgan fingerprint density at radius 2 is 2.00 bits per heavy atom. The molecule has 2 aromatic heterocycles. The lowest BCUT2D eigenvalue weighted by atomic mass is 9.93. The fraction of sp³-hybridized carbons (Fsp3) is 0.485. The number of benzene rings is 2. The predicted molar refractivity (Wildman–Crippen MR) is 164 cm³/mol. The summed E-state index contributed by atoms with van der Waals surface area (Å²) in [5, 5.41) is 20.1. The number of ether oxygens (including phenoxy) is 1. The van der Waals surface area contributed by atoms with Gasteiger partial charge in [-0.15, -0.1) is 11.3 Å². The van der Waals surface area contributed by atoms with E-state index >= 15 is 0 Å². The van der Waals surface area contributed by atoms with Crippen LogP contribution in [0.25, 0.3) is 32.0 Å². The highest BCUT2D eigenvalue weighted by Gasteiger charge is 2.49. The molecular formula is C33H37FN4O2S. The van der Waals surface area contributed by atoms with Crippen LogP contribution in [0.3, 0.4) is 0 Å². The topological polar surface area (TPSA) is 60.9 Å². The second kappa shape index (κ2) is 9.82. The van der Waals surface area contributed by atoms with Crippen molar-refractivity contribution in [3.8, 4) is 22.8 Å². The van der Waals surface area contributed by atoms with E-state index in [4.69, 9.17) is 9.72 Å². The second-order valence-corrected chi connectivity index (χ2v) is 13.5. The number of aromatic hydroxyl groups is 1. The molecule has 0 spiro atoms. The van der Waals surface area contributed by atoms with Gasteiger partial charge in [0.1, 0.15) is 18.5 Å². The maximum atomic E-state index is 14.5. The van der Waals surface area contributed by atoms with Crippen LogP contribution in [-0.4, -0.2) is 71.6 Å². The van der Waals surface area contributed by atoms with E-state index in [0.29, 0.717) is 37.5 Å². The van der Waals surface area contributed by atoms with Gasteiger partial charge >= 0.3 is 0 Å².